The van der Waals surface area contributed by atoms with Gasteiger partial charge in [-0.25, -0.2) is 0 Å². The van der Waals surface area contributed by atoms with Gasteiger partial charge in [-0.1, -0.05) is 37.3 Å². The van der Waals surface area contributed by atoms with Crippen LogP contribution < -0.4 is 0 Å². The standard InChI is InChI=1S/C14H16O2/c1-10-6-5-9-12(15)13(10)14(16)11-7-3-2-4-8-11/h2-4,7-8,10,13H,5-6,9H2,1H3/t10-,13+/m0/s1. The van der Waals surface area contributed by atoms with Crippen LogP contribution in [0.2, 0.25) is 0 Å². The molecule has 1 fully saturated rings. The number of hydrogen-bond acceptors (Lipinski definition) is 2. The zero-order chi connectivity index (χ0) is 11.5. The van der Waals surface area contributed by atoms with Crippen molar-refractivity contribution in [3.8, 4) is 0 Å². The van der Waals surface area contributed by atoms with Crippen LogP contribution in [0, 0.1) is 11.8 Å². The second kappa shape index (κ2) is 4.60. The summed E-state index contributed by atoms with van der Waals surface area (Å²) in [6.45, 7) is 2.00. The van der Waals surface area contributed by atoms with Crippen LogP contribution in [0.3, 0.4) is 0 Å². The normalized spacial score (nSPS) is 25.4. The molecule has 0 radical (unpaired) electrons. The van der Waals surface area contributed by atoms with E-state index in [2.05, 4.69) is 0 Å². The molecule has 0 N–H and O–H groups in total. The minimum atomic E-state index is -0.406. The van der Waals surface area contributed by atoms with E-state index in [0.717, 1.165) is 12.8 Å². The van der Waals surface area contributed by atoms with E-state index >= 15 is 0 Å². The zero-order valence-electron chi connectivity index (χ0n) is 9.48. The Hall–Kier alpha value is -1.44. The lowest BCUT2D eigenvalue weighted by atomic mass is 9.75. The van der Waals surface area contributed by atoms with Gasteiger partial charge in [0.15, 0.2) is 5.78 Å². The quantitative estimate of drug-likeness (QED) is 0.562. The smallest absolute Gasteiger partial charge is 0.173 e. The first-order valence-corrected chi connectivity index (χ1v) is 5.82. The van der Waals surface area contributed by atoms with Crippen LogP contribution in [0.25, 0.3) is 0 Å². The van der Waals surface area contributed by atoms with E-state index in [1.165, 1.54) is 0 Å². The highest BCUT2D eigenvalue weighted by Crippen LogP contribution is 2.29. The van der Waals surface area contributed by atoms with Crippen molar-refractivity contribution in [3.05, 3.63) is 35.9 Å². The number of hydrogen-bond donors (Lipinski definition) is 0. The van der Waals surface area contributed by atoms with Gasteiger partial charge in [-0.3, -0.25) is 9.59 Å². The van der Waals surface area contributed by atoms with E-state index in [1.54, 1.807) is 12.1 Å². The third kappa shape index (κ3) is 2.06. The first-order valence-electron chi connectivity index (χ1n) is 5.82. The largest absolute Gasteiger partial charge is 0.299 e. The summed E-state index contributed by atoms with van der Waals surface area (Å²) in [6, 6.07) is 9.13. The Morgan fingerprint density at radius 2 is 1.94 bits per heavy atom. The monoisotopic (exact) mass is 216 g/mol. The summed E-state index contributed by atoms with van der Waals surface area (Å²) in [5.41, 5.74) is 0.662. The number of carbonyl (C=O) groups is 2. The first kappa shape index (κ1) is 11.1. The van der Waals surface area contributed by atoms with Gasteiger partial charge in [0.1, 0.15) is 5.78 Å². The Bertz CT molecular complexity index is 394. The van der Waals surface area contributed by atoms with Gasteiger partial charge in [0.2, 0.25) is 0 Å². The molecule has 1 saturated carbocycles. The summed E-state index contributed by atoms with van der Waals surface area (Å²) in [7, 11) is 0. The van der Waals surface area contributed by atoms with E-state index in [4.69, 9.17) is 0 Å². The van der Waals surface area contributed by atoms with E-state index in [-0.39, 0.29) is 17.5 Å². The maximum Gasteiger partial charge on any atom is 0.173 e. The molecule has 2 nitrogen and oxygen atoms in total. The molecule has 1 aromatic carbocycles. The van der Waals surface area contributed by atoms with Gasteiger partial charge in [0, 0.05) is 12.0 Å². The van der Waals surface area contributed by atoms with Gasteiger partial charge in [0.05, 0.1) is 5.92 Å². The van der Waals surface area contributed by atoms with E-state index in [0.29, 0.717) is 12.0 Å². The molecule has 0 bridgehead atoms. The maximum atomic E-state index is 12.2. The average molecular weight is 216 g/mol. The molecule has 1 aliphatic carbocycles. The molecule has 0 amide bonds. The predicted octanol–water partition coefficient (Wildman–Crippen LogP) is 2.87. The highest BCUT2D eigenvalue weighted by molar-refractivity contribution is 6.11. The molecule has 1 aromatic rings. The van der Waals surface area contributed by atoms with Crippen LogP contribution in [0.5, 0.6) is 0 Å². The predicted molar refractivity (Wildman–Crippen MR) is 62.3 cm³/mol. The minimum absolute atomic E-state index is 0.00204. The number of rotatable bonds is 2. The topological polar surface area (TPSA) is 34.1 Å². The Morgan fingerprint density at radius 3 is 2.56 bits per heavy atom. The Labute approximate surface area is 95.7 Å². The summed E-state index contributed by atoms with van der Waals surface area (Å²) in [5.74, 6) is -0.101. The molecule has 2 atom stereocenters. The lowest BCUT2D eigenvalue weighted by molar-refractivity contribution is -0.124. The molecule has 0 unspecified atom stereocenters. The molecule has 0 spiro atoms. The van der Waals surface area contributed by atoms with Gasteiger partial charge < -0.3 is 0 Å². The van der Waals surface area contributed by atoms with Crippen molar-refractivity contribution in [2.75, 3.05) is 0 Å². The fraction of sp³-hybridized carbons (Fsp3) is 0.429. The van der Waals surface area contributed by atoms with Gasteiger partial charge in [0.25, 0.3) is 0 Å². The lowest BCUT2D eigenvalue weighted by Gasteiger charge is -2.26. The maximum absolute atomic E-state index is 12.2. The van der Waals surface area contributed by atoms with Crippen LogP contribution in [-0.2, 0) is 4.79 Å². The van der Waals surface area contributed by atoms with Crippen molar-refractivity contribution < 1.29 is 9.59 Å². The lowest BCUT2D eigenvalue weighted by Crippen LogP contribution is -2.33. The fourth-order valence-electron chi connectivity index (χ4n) is 2.42. The molecule has 2 heteroatoms. The molecular weight excluding hydrogens is 200 g/mol. The van der Waals surface area contributed by atoms with E-state index in [9.17, 15) is 9.59 Å². The fourth-order valence-corrected chi connectivity index (χ4v) is 2.42. The van der Waals surface area contributed by atoms with Crippen LogP contribution >= 0.6 is 0 Å². The van der Waals surface area contributed by atoms with Crippen molar-refractivity contribution in [2.45, 2.75) is 26.2 Å². The zero-order valence-corrected chi connectivity index (χ0v) is 9.48. The third-order valence-electron chi connectivity index (χ3n) is 3.34. The van der Waals surface area contributed by atoms with Crippen LogP contribution in [0.4, 0.5) is 0 Å². The second-order valence-electron chi connectivity index (χ2n) is 4.54. The average Bonchev–Trinajstić information content (AvgIpc) is 2.30. The first-order chi connectivity index (χ1) is 7.70. The van der Waals surface area contributed by atoms with Crippen molar-refractivity contribution in [3.63, 3.8) is 0 Å². The molecule has 2 rings (SSSR count). The summed E-state index contributed by atoms with van der Waals surface area (Å²) >= 11 is 0. The molecule has 0 saturated heterocycles. The Kier molecular flexibility index (Phi) is 3.18. The van der Waals surface area contributed by atoms with E-state index in [1.807, 2.05) is 25.1 Å². The number of carbonyl (C=O) groups excluding carboxylic acids is 2. The Balaban J connectivity index is 2.23. The van der Waals surface area contributed by atoms with Gasteiger partial charge >= 0.3 is 0 Å². The van der Waals surface area contributed by atoms with Gasteiger partial charge in [-0.15, -0.1) is 0 Å². The van der Waals surface area contributed by atoms with Crippen molar-refractivity contribution in [2.24, 2.45) is 11.8 Å². The molecule has 84 valence electrons. The van der Waals surface area contributed by atoms with E-state index < -0.39 is 5.92 Å². The van der Waals surface area contributed by atoms with Crippen LogP contribution in [0.15, 0.2) is 30.3 Å². The summed E-state index contributed by atoms with van der Waals surface area (Å²) in [5, 5.41) is 0. The molecule has 0 aliphatic heterocycles. The molecule has 16 heavy (non-hydrogen) atoms. The highest BCUT2D eigenvalue weighted by atomic mass is 16.2. The van der Waals surface area contributed by atoms with Crippen molar-refractivity contribution in [1.29, 1.82) is 0 Å². The number of benzene rings is 1. The van der Waals surface area contributed by atoms with Crippen molar-refractivity contribution >= 4 is 11.6 Å². The van der Waals surface area contributed by atoms with Crippen LogP contribution in [-0.4, -0.2) is 11.6 Å². The minimum Gasteiger partial charge on any atom is -0.299 e. The van der Waals surface area contributed by atoms with Gasteiger partial charge in [-0.2, -0.15) is 0 Å². The SMILES string of the molecule is C[C@H]1CCCC(=O)[C@@H]1C(=O)c1ccccc1. The molecule has 0 aromatic heterocycles. The second-order valence-corrected chi connectivity index (χ2v) is 4.54. The molecule has 0 heterocycles. The van der Waals surface area contributed by atoms with Crippen molar-refractivity contribution in [1.82, 2.24) is 0 Å². The molecular formula is C14H16O2. The van der Waals surface area contributed by atoms with Gasteiger partial charge in [-0.05, 0) is 18.8 Å². The highest BCUT2D eigenvalue weighted by Gasteiger charge is 2.34. The molecule has 1 aliphatic rings. The summed E-state index contributed by atoms with van der Waals surface area (Å²) in [4.78, 5) is 24.0. The summed E-state index contributed by atoms with van der Waals surface area (Å²) < 4.78 is 0. The third-order valence-corrected chi connectivity index (χ3v) is 3.34. The number of Topliss-reactive ketones (excluding diaryl/α,β-unsaturated/α-hetero) is 2. The summed E-state index contributed by atoms with van der Waals surface area (Å²) in [6.07, 6.45) is 2.47. The Morgan fingerprint density at radius 1 is 1.25 bits per heavy atom. The van der Waals surface area contributed by atoms with Crippen LogP contribution in [0.1, 0.15) is 36.5 Å². The number of ketones is 2.